The molecule has 0 spiro atoms. The minimum atomic E-state index is -2.05. The molecule has 0 unspecified atom stereocenters. The Bertz CT molecular complexity index is 698. The van der Waals surface area contributed by atoms with Crippen LogP contribution in [0.4, 0.5) is 0 Å². The number of hydrogen-bond acceptors (Lipinski definition) is 0. The van der Waals surface area contributed by atoms with E-state index < -0.39 is 8.07 Å². The second-order valence-electron chi connectivity index (χ2n) is 9.49. The fraction of sp³-hybridized carbons (Fsp3) is 0.522. The van der Waals surface area contributed by atoms with Crippen LogP contribution < -0.4 is 47.6 Å². The van der Waals surface area contributed by atoms with E-state index in [9.17, 15) is 0 Å². The molecule has 0 N–H and O–H groups in total. The van der Waals surface area contributed by atoms with Gasteiger partial charge in [-0.05, 0) is 10.1 Å². The quantitative estimate of drug-likeness (QED) is 0.306. The van der Waals surface area contributed by atoms with Crippen molar-refractivity contribution in [2.45, 2.75) is 79.3 Å². The summed E-state index contributed by atoms with van der Waals surface area (Å²) < 4.78 is 0. The Morgan fingerprint density at radius 3 is 1.25 bits per heavy atom. The molecule has 28 heavy (non-hydrogen) atoms. The van der Waals surface area contributed by atoms with Gasteiger partial charge < -0.3 is 37.2 Å². The van der Waals surface area contributed by atoms with Crippen LogP contribution in [0.3, 0.4) is 0 Å². The van der Waals surface area contributed by atoms with E-state index in [0.717, 1.165) is 0 Å². The fourth-order valence-electron chi connectivity index (χ4n) is 5.35. The van der Waals surface area contributed by atoms with Gasteiger partial charge in [-0.3, -0.25) is 0 Å². The minimum absolute atomic E-state index is 0. The molecule has 5 heteroatoms. The predicted molar refractivity (Wildman–Crippen MR) is 112 cm³/mol. The van der Waals surface area contributed by atoms with Crippen LogP contribution in [0.5, 0.6) is 0 Å². The molecular formula is C23H35Cl3SiTi. The molecule has 0 bridgehead atoms. The molecule has 0 radical (unpaired) electrons. The van der Waals surface area contributed by atoms with E-state index in [0.29, 0.717) is 0 Å². The SMILES string of the molecule is Cc1c(C)c(C)[c-]([Si](c2ccccc2)(C(C)(C)C)C(C)(C)C)c1C.[Cl-].[Cl-].[Cl-].[Ti+4]. The molecule has 0 saturated heterocycles. The summed E-state index contributed by atoms with van der Waals surface area (Å²) in [5.74, 6) is 0. The van der Waals surface area contributed by atoms with Crippen molar-refractivity contribution in [3.8, 4) is 0 Å². The van der Waals surface area contributed by atoms with Gasteiger partial charge in [0.05, 0.1) is 8.07 Å². The van der Waals surface area contributed by atoms with Crippen LogP contribution in [0.15, 0.2) is 30.3 Å². The van der Waals surface area contributed by atoms with E-state index in [1.165, 1.54) is 22.3 Å². The van der Waals surface area contributed by atoms with Crippen LogP contribution in [0.2, 0.25) is 10.1 Å². The summed E-state index contributed by atoms with van der Waals surface area (Å²) in [6.45, 7) is 24.1. The second kappa shape index (κ2) is 11.1. The van der Waals surface area contributed by atoms with Crippen molar-refractivity contribution in [1.29, 1.82) is 0 Å². The number of hydrogen-bond donors (Lipinski definition) is 0. The average Bonchev–Trinajstić information content (AvgIpc) is 2.64. The zero-order valence-corrected chi connectivity index (χ0v) is 23.8. The molecular weight excluding hydrogens is 459 g/mol. The molecule has 0 amide bonds. The number of benzene rings is 1. The maximum atomic E-state index is 2.47. The standard InChI is InChI=1S/C23H35Si.3ClH.Ti/c1-16-17(2)19(4)21(18(16)3)24(22(5,6)7,23(8,9)10)20-14-12-11-13-15-20;;;;/h11-15H,1-10H3;3*1H;/q-1;;;;+4/p-3. The molecule has 2 rings (SSSR count). The van der Waals surface area contributed by atoms with Gasteiger partial charge in [0, 0.05) is 0 Å². The third kappa shape index (κ3) is 4.98. The van der Waals surface area contributed by atoms with Crippen LogP contribution in [0, 0.1) is 27.7 Å². The number of halogens is 3. The van der Waals surface area contributed by atoms with E-state index in [1.54, 1.807) is 10.4 Å². The van der Waals surface area contributed by atoms with Crippen molar-refractivity contribution in [3.63, 3.8) is 0 Å². The summed E-state index contributed by atoms with van der Waals surface area (Å²) in [6, 6.07) is 11.4. The maximum absolute atomic E-state index is 2.47. The summed E-state index contributed by atoms with van der Waals surface area (Å²) in [6.07, 6.45) is 0. The Balaban J connectivity index is -0.00000156. The van der Waals surface area contributed by atoms with Crippen LogP contribution in [0.25, 0.3) is 0 Å². The van der Waals surface area contributed by atoms with Crippen molar-refractivity contribution in [2.75, 3.05) is 0 Å². The zero-order valence-electron chi connectivity index (χ0n) is 19.0. The van der Waals surface area contributed by atoms with E-state index in [1.807, 2.05) is 0 Å². The summed E-state index contributed by atoms with van der Waals surface area (Å²) in [4.78, 5) is 0. The van der Waals surface area contributed by atoms with Gasteiger partial charge in [-0.15, -0.1) is 5.19 Å². The summed E-state index contributed by atoms with van der Waals surface area (Å²) in [7, 11) is -2.05. The van der Waals surface area contributed by atoms with E-state index in [2.05, 4.69) is 99.6 Å². The van der Waals surface area contributed by atoms with Gasteiger partial charge in [-0.2, -0.15) is 22.3 Å². The molecule has 0 saturated carbocycles. The molecule has 0 aromatic heterocycles. The molecule has 0 aliphatic heterocycles. The Kier molecular flexibility index (Phi) is 13.1. The fourth-order valence-corrected chi connectivity index (χ4v) is 13.3. The first kappa shape index (κ1) is 33.0. The topological polar surface area (TPSA) is 0 Å². The smallest absolute Gasteiger partial charge is 1.00 e. The molecule has 0 aliphatic carbocycles. The van der Waals surface area contributed by atoms with Gasteiger partial charge in [0.2, 0.25) is 0 Å². The van der Waals surface area contributed by atoms with Crippen LogP contribution in [0.1, 0.15) is 63.8 Å². The Morgan fingerprint density at radius 1 is 0.643 bits per heavy atom. The molecule has 2 aromatic carbocycles. The zero-order chi connectivity index (χ0) is 18.5. The van der Waals surface area contributed by atoms with Crippen molar-refractivity contribution in [1.82, 2.24) is 0 Å². The monoisotopic (exact) mass is 492 g/mol. The van der Waals surface area contributed by atoms with Gasteiger partial charge in [-0.25, -0.2) is 0 Å². The number of rotatable bonds is 2. The Hall–Kier alpha value is 0.371. The van der Waals surface area contributed by atoms with Gasteiger partial charge in [0.25, 0.3) is 0 Å². The van der Waals surface area contributed by atoms with Crippen molar-refractivity contribution < 1.29 is 58.9 Å². The second-order valence-corrected chi connectivity index (χ2v) is 15.1. The molecule has 156 valence electrons. The molecule has 0 fully saturated rings. The first-order valence-corrected chi connectivity index (χ1v) is 11.2. The predicted octanol–water partition coefficient (Wildman–Crippen LogP) is -3.19. The summed E-state index contributed by atoms with van der Waals surface area (Å²) >= 11 is 0. The van der Waals surface area contributed by atoms with Gasteiger partial charge in [0.15, 0.2) is 0 Å². The third-order valence-electron chi connectivity index (χ3n) is 6.27. The first-order valence-electron chi connectivity index (χ1n) is 9.16. The van der Waals surface area contributed by atoms with Crippen molar-refractivity contribution >= 4 is 18.4 Å². The van der Waals surface area contributed by atoms with Gasteiger partial charge in [0.1, 0.15) is 0 Å². The third-order valence-corrected chi connectivity index (χ3v) is 13.5. The molecule has 2 aromatic rings. The van der Waals surface area contributed by atoms with Gasteiger partial charge >= 0.3 is 21.7 Å². The molecule has 0 atom stereocenters. The Morgan fingerprint density at radius 2 is 0.964 bits per heavy atom. The van der Waals surface area contributed by atoms with E-state index in [-0.39, 0.29) is 69.0 Å². The minimum Gasteiger partial charge on any atom is -1.00 e. The molecule has 0 aliphatic rings. The first-order chi connectivity index (χ1) is 10.9. The summed E-state index contributed by atoms with van der Waals surface area (Å²) in [5, 5.41) is 3.72. The molecule has 0 heterocycles. The largest absolute Gasteiger partial charge is 4.00 e. The van der Waals surface area contributed by atoms with E-state index >= 15 is 0 Å². The van der Waals surface area contributed by atoms with E-state index in [4.69, 9.17) is 0 Å². The van der Waals surface area contributed by atoms with Crippen LogP contribution in [-0.2, 0) is 21.7 Å². The van der Waals surface area contributed by atoms with Crippen molar-refractivity contribution in [2.24, 2.45) is 0 Å². The van der Waals surface area contributed by atoms with Crippen molar-refractivity contribution in [3.05, 3.63) is 52.6 Å². The average molecular weight is 494 g/mol. The summed E-state index contributed by atoms with van der Waals surface area (Å²) in [5.41, 5.74) is 6.04. The Labute approximate surface area is 208 Å². The normalized spacial score (nSPS) is 11.5. The van der Waals surface area contributed by atoms with Gasteiger partial charge in [-0.1, -0.05) is 105 Å². The van der Waals surface area contributed by atoms with Crippen LogP contribution in [-0.4, -0.2) is 8.07 Å². The van der Waals surface area contributed by atoms with Crippen LogP contribution >= 0.6 is 0 Å². The molecule has 0 nitrogen and oxygen atoms in total. The maximum Gasteiger partial charge on any atom is 4.00 e.